The molecule has 26 heteroatoms. The second-order valence-electron chi connectivity index (χ2n) is 26.3. The van der Waals surface area contributed by atoms with Crippen LogP contribution in [-0.4, -0.2) is 174 Å². The van der Waals surface area contributed by atoms with Gasteiger partial charge in [0.25, 0.3) is 5.91 Å². The minimum atomic E-state index is -1.02. The van der Waals surface area contributed by atoms with Crippen molar-refractivity contribution in [1.29, 1.82) is 0 Å². The van der Waals surface area contributed by atoms with Gasteiger partial charge in [-0.1, -0.05) is 27.7 Å². The number of benzene rings is 6. The number of nitrogens with one attached hydrogen (secondary N) is 3. The van der Waals surface area contributed by atoms with Crippen molar-refractivity contribution in [2.75, 3.05) is 89.6 Å². The number of aliphatic hydroxyl groups excluding tert-OH is 2. The average molecular weight is 1420 g/mol. The second kappa shape index (κ2) is 34.9. The van der Waals surface area contributed by atoms with Crippen molar-refractivity contribution < 1.29 is 38.7 Å². The maximum Gasteiger partial charge on any atom is 0.251 e. The lowest BCUT2D eigenvalue weighted by Crippen LogP contribution is -2.45. The average Bonchev–Trinajstić information content (AvgIpc) is 1.77. The van der Waals surface area contributed by atoms with Gasteiger partial charge in [0.15, 0.2) is 0 Å². The molecule has 6 heterocycles. The number of aliphatic hydroxyl groups is 2. The number of fused-ring (bicyclic) bond motifs is 3. The van der Waals surface area contributed by atoms with E-state index in [1.54, 1.807) is 96.5 Å². The Kier molecular flexibility index (Phi) is 24.9. The third-order valence-electron chi connectivity index (χ3n) is 17.7. The first-order valence-corrected chi connectivity index (χ1v) is 35.1. The molecule has 0 radical (unpaired) electrons. The van der Waals surface area contributed by atoms with E-state index < -0.39 is 12.7 Å². The van der Waals surface area contributed by atoms with E-state index in [2.05, 4.69) is 120 Å². The van der Waals surface area contributed by atoms with E-state index in [0.29, 0.717) is 70.6 Å². The Morgan fingerprint density at radius 3 is 1.39 bits per heavy atom. The van der Waals surface area contributed by atoms with Gasteiger partial charge in [0, 0.05) is 178 Å². The highest BCUT2D eigenvalue weighted by Crippen LogP contribution is 2.38. The molecular weight excluding hydrogens is 1330 g/mol. The lowest BCUT2D eigenvalue weighted by Gasteiger charge is -2.33. The minimum absolute atomic E-state index is 0.0814. The van der Waals surface area contributed by atoms with E-state index in [-0.39, 0.29) is 18.5 Å². The monoisotopic (exact) mass is 1420 g/mol. The van der Waals surface area contributed by atoms with Crippen LogP contribution in [0.2, 0.25) is 0 Å². The summed E-state index contributed by atoms with van der Waals surface area (Å²) in [6.45, 7) is 14.2. The number of methoxy groups -OCH3 is 4. The minimum Gasteiger partial charge on any atom is -0.497 e. The highest BCUT2D eigenvalue weighted by atomic mass is 16.5. The van der Waals surface area contributed by atoms with Crippen LogP contribution in [0.4, 0.5) is 34.1 Å². The number of aromatic nitrogens is 12. The first-order chi connectivity index (χ1) is 50.8. The fourth-order valence-corrected chi connectivity index (χ4v) is 12.0. The maximum absolute atomic E-state index is 12.3. The van der Waals surface area contributed by atoms with Gasteiger partial charge in [-0.25, -0.2) is 15.0 Å². The van der Waals surface area contributed by atoms with Gasteiger partial charge in [-0.3, -0.25) is 33.8 Å². The van der Waals surface area contributed by atoms with Crippen LogP contribution in [0.3, 0.4) is 0 Å². The molecule has 0 saturated heterocycles. The van der Waals surface area contributed by atoms with Crippen molar-refractivity contribution in [1.82, 2.24) is 75.2 Å². The quantitative estimate of drug-likeness (QED) is 0.0291. The number of nitrogens with zero attached hydrogens (tertiary/aromatic N) is 15. The van der Waals surface area contributed by atoms with Crippen molar-refractivity contribution in [3.8, 4) is 56.8 Å². The smallest absolute Gasteiger partial charge is 0.251 e. The lowest BCUT2D eigenvalue weighted by atomic mass is 10.0. The molecule has 6 aromatic heterocycles. The molecule has 12 aromatic rings. The van der Waals surface area contributed by atoms with Gasteiger partial charge in [0.1, 0.15) is 23.0 Å². The Hall–Kier alpha value is -11.2. The van der Waals surface area contributed by atoms with Crippen molar-refractivity contribution in [2.24, 2.45) is 27.1 Å². The van der Waals surface area contributed by atoms with Crippen molar-refractivity contribution in [3.63, 3.8) is 0 Å². The Balaban J connectivity index is 0.000000158. The van der Waals surface area contributed by atoms with Crippen LogP contribution in [0.25, 0.3) is 66.9 Å². The van der Waals surface area contributed by atoms with Crippen molar-refractivity contribution in [3.05, 3.63) is 176 Å². The van der Waals surface area contributed by atoms with E-state index in [4.69, 9.17) is 38.6 Å². The Bertz CT molecular complexity index is 4880. The summed E-state index contributed by atoms with van der Waals surface area (Å²) in [5.41, 5.74) is 16.7. The molecule has 2 unspecified atom stereocenters. The summed E-state index contributed by atoms with van der Waals surface area (Å²) in [5.74, 6) is 2.95. The molecule has 0 aliphatic heterocycles. The van der Waals surface area contributed by atoms with Gasteiger partial charge >= 0.3 is 0 Å². The predicted molar refractivity (Wildman–Crippen MR) is 412 cm³/mol. The summed E-state index contributed by atoms with van der Waals surface area (Å²) in [6.07, 6.45) is 17.9. The highest BCUT2D eigenvalue weighted by Gasteiger charge is 2.25. The summed E-state index contributed by atoms with van der Waals surface area (Å²) in [6, 6.07) is 36.6. The molecule has 13 rings (SSSR count). The van der Waals surface area contributed by atoms with Gasteiger partial charge in [-0.15, -0.1) is 0 Å². The maximum atomic E-state index is 12.3. The molecule has 0 spiro atoms. The molecule has 548 valence electrons. The van der Waals surface area contributed by atoms with Crippen LogP contribution in [0, 0.1) is 5.92 Å². The van der Waals surface area contributed by atoms with Gasteiger partial charge < -0.3 is 64.5 Å². The Labute approximate surface area is 612 Å². The standard InChI is InChI=1S/C28H36N6O2.C27H32N6O2.C24H26N6O4/c1-18(2)28(31-19(3)4)17-34(22-10-23(35-6)13-24(11-22)36-7)21-8-9-25-26(12-21)32-27(15-29-25)20-14-30-33(5)16-20;1-4-35-18-19-11-23(13-24(12-19)34-3)33(10-9-28-21-5-6-21)22-7-8-25-26(14-22)31-27(16-29-25)20-15-30-32(2)17-20;1-25-24(33)15-6-18(8-20(7-15)34-3)30(13-19(32)14-31)17-4-5-21-22(9-17)28-23(11-26-21)16-10-27-29(2)12-16/h8-16,18-19,28,31H,17H2,1-7H3;7-8,11-17,21,28H,4-6,9-10,18H2,1-3H3;4-12,19,31-32H,13-14H2,1-3H3,(H,25,33). The zero-order chi connectivity index (χ0) is 74.3. The third-order valence-corrected chi connectivity index (χ3v) is 17.7. The molecule has 0 bridgehead atoms. The summed E-state index contributed by atoms with van der Waals surface area (Å²) < 4.78 is 33.1. The third kappa shape index (κ3) is 19.4. The largest absolute Gasteiger partial charge is 0.497 e. The molecule has 5 N–H and O–H groups in total. The summed E-state index contributed by atoms with van der Waals surface area (Å²) in [4.78, 5) is 47.1. The van der Waals surface area contributed by atoms with Gasteiger partial charge in [-0.2, -0.15) is 15.3 Å². The molecule has 1 aliphatic rings. The molecule has 1 aliphatic carbocycles. The fraction of sp³-hybridized carbons (Fsp3) is 0.342. The van der Waals surface area contributed by atoms with Gasteiger partial charge in [-0.05, 0) is 110 Å². The second-order valence-corrected chi connectivity index (χ2v) is 26.3. The SMILES string of the molecule is CCOCc1cc(OC)cc(N(CCNC2CC2)c2ccc3ncc(-c4cnn(C)c4)nc3c2)c1.CNC(=O)c1cc(OC)cc(N(CC(O)CO)c2ccc3ncc(-c4cnn(C)c4)nc3c2)c1.COc1cc(OC)cc(N(CC(NC(C)C)C(C)C)c2ccc3ncc(-c4cnn(C)c4)nc3c2)c1. The number of hydrogen-bond donors (Lipinski definition) is 5. The fourth-order valence-electron chi connectivity index (χ4n) is 12.0. The molecule has 1 saturated carbocycles. The zero-order valence-corrected chi connectivity index (χ0v) is 61.9. The van der Waals surface area contributed by atoms with Crippen molar-refractivity contribution in [2.45, 2.75) is 78.3 Å². The number of carbonyl (C=O) groups is 1. The summed E-state index contributed by atoms with van der Waals surface area (Å²) >= 11 is 0. The van der Waals surface area contributed by atoms with Gasteiger partial charge in [0.2, 0.25) is 0 Å². The molecule has 1 amide bonds. The number of anilines is 6. The molecule has 26 nitrogen and oxygen atoms in total. The number of ether oxygens (including phenoxy) is 5. The number of hydrogen-bond acceptors (Lipinski definition) is 22. The van der Waals surface area contributed by atoms with Crippen LogP contribution in [0.5, 0.6) is 23.0 Å². The molecule has 2 atom stereocenters. The molecule has 105 heavy (non-hydrogen) atoms. The van der Waals surface area contributed by atoms with Crippen LogP contribution in [0.15, 0.2) is 165 Å². The number of carbonyl (C=O) groups excluding carboxylic acids is 1. The Morgan fingerprint density at radius 1 is 0.543 bits per heavy atom. The van der Waals surface area contributed by atoms with Crippen LogP contribution >= 0.6 is 0 Å². The topological polar surface area (TPSA) is 280 Å². The molecule has 6 aromatic carbocycles. The number of aryl methyl sites for hydroxylation is 3. The van der Waals surface area contributed by atoms with Gasteiger partial charge in [0.05, 0.1) is 142 Å². The molecular formula is C79H94N18O8. The van der Waals surface area contributed by atoms with E-state index in [0.717, 1.165) is 115 Å². The summed E-state index contributed by atoms with van der Waals surface area (Å²) in [5, 5.41) is 42.5. The Morgan fingerprint density at radius 2 is 0.981 bits per heavy atom. The first-order valence-electron chi connectivity index (χ1n) is 35.1. The van der Waals surface area contributed by atoms with E-state index >= 15 is 0 Å². The lowest BCUT2D eigenvalue weighted by molar-refractivity contribution is 0.0962. The van der Waals surface area contributed by atoms with E-state index in [1.165, 1.54) is 20.0 Å². The first kappa shape index (κ1) is 75.0. The van der Waals surface area contributed by atoms with E-state index in [9.17, 15) is 15.0 Å². The zero-order valence-electron chi connectivity index (χ0n) is 61.9. The number of amides is 1. The van der Waals surface area contributed by atoms with E-state index in [1.807, 2.05) is 107 Å². The predicted octanol–water partition coefficient (Wildman–Crippen LogP) is 11.6. The number of rotatable bonds is 29. The highest BCUT2D eigenvalue weighted by molar-refractivity contribution is 5.96. The van der Waals surface area contributed by atoms with Crippen LogP contribution in [0.1, 0.15) is 63.4 Å². The van der Waals surface area contributed by atoms with Crippen LogP contribution in [-0.2, 0) is 32.5 Å². The normalized spacial score (nSPS) is 12.5. The summed E-state index contributed by atoms with van der Waals surface area (Å²) in [7, 11) is 13.7. The van der Waals surface area contributed by atoms with Crippen molar-refractivity contribution >= 4 is 73.1 Å². The van der Waals surface area contributed by atoms with Crippen LogP contribution < -0.4 is 49.6 Å². The molecule has 1 fully saturated rings.